The van der Waals surface area contributed by atoms with E-state index < -0.39 is 17.7 Å². The van der Waals surface area contributed by atoms with E-state index in [1.165, 1.54) is 4.90 Å². The number of hydrogen-bond acceptors (Lipinski definition) is 4. The van der Waals surface area contributed by atoms with Crippen LogP contribution >= 0.6 is 0 Å². The lowest BCUT2D eigenvalue weighted by Gasteiger charge is -2.25. The number of ether oxygens (including phenoxy) is 1. The number of aliphatic hydroxyl groups is 1. The summed E-state index contributed by atoms with van der Waals surface area (Å²) in [5.41, 5.74) is 4.36. The van der Waals surface area contributed by atoms with Gasteiger partial charge in [0, 0.05) is 19.2 Å². The van der Waals surface area contributed by atoms with Crippen LogP contribution in [-0.2, 0) is 14.3 Å². The van der Waals surface area contributed by atoms with E-state index >= 15 is 0 Å². The van der Waals surface area contributed by atoms with E-state index in [4.69, 9.17) is 4.74 Å². The van der Waals surface area contributed by atoms with Gasteiger partial charge in [-0.1, -0.05) is 47.5 Å². The minimum absolute atomic E-state index is 0.124. The second kappa shape index (κ2) is 7.98. The third kappa shape index (κ3) is 3.58. The minimum atomic E-state index is -0.667. The Kier molecular flexibility index (Phi) is 5.66. The summed E-state index contributed by atoms with van der Waals surface area (Å²) in [6.07, 6.45) is 0. The van der Waals surface area contributed by atoms with Crippen molar-refractivity contribution >= 4 is 17.4 Å². The highest BCUT2D eigenvalue weighted by Crippen LogP contribution is 2.39. The zero-order chi connectivity index (χ0) is 20.4. The van der Waals surface area contributed by atoms with Crippen molar-refractivity contribution in [1.82, 2.24) is 4.90 Å². The molecule has 146 valence electrons. The number of rotatable bonds is 5. The molecular formula is C23H25NO4. The highest BCUT2D eigenvalue weighted by Gasteiger charge is 2.45. The molecule has 1 unspecified atom stereocenters. The van der Waals surface area contributed by atoms with Gasteiger partial charge in [0.15, 0.2) is 0 Å². The number of methoxy groups -OCH3 is 1. The van der Waals surface area contributed by atoms with E-state index in [0.717, 1.165) is 22.3 Å². The van der Waals surface area contributed by atoms with Crippen LogP contribution in [0.4, 0.5) is 0 Å². The molecule has 1 N–H and O–H groups in total. The number of benzene rings is 2. The highest BCUT2D eigenvalue weighted by atomic mass is 16.5. The topological polar surface area (TPSA) is 66.8 Å². The van der Waals surface area contributed by atoms with Gasteiger partial charge >= 0.3 is 0 Å². The van der Waals surface area contributed by atoms with Crippen molar-refractivity contribution in [3.63, 3.8) is 0 Å². The van der Waals surface area contributed by atoms with Crippen LogP contribution in [0.5, 0.6) is 0 Å². The number of aliphatic hydroxyl groups excluding tert-OH is 1. The fraction of sp³-hybridized carbons (Fsp3) is 0.304. The maximum atomic E-state index is 12.9. The Morgan fingerprint density at radius 2 is 1.68 bits per heavy atom. The number of amides is 1. The summed E-state index contributed by atoms with van der Waals surface area (Å²) in [7, 11) is 1.55. The number of aryl methyl sites for hydroxylation is 3. The van der Waals surface area contributed by atoms with E-state index in [2.05, 4.69) is 0 Å². The molecular weight excluding hydrogens is 354 g/mol. The van der Waals surface area contributed by atoms with Crippen LogP contribution in [0.25, 0.3) is 5.76 Å². The van der Waals surface area contributed by atoms with Crippen molar-refractivity contribution in [2.24, 2.45) is 0 Å². The molecule has 1 atom stereocenters. The van der Waals surface area contributed by atoms with Gasteiger partial charge in [-0.25, -0.2) is 0 Å². The van der Waals surface area contributed by atoms with Crippen molar-refractivity contribution < 1.29 is 19.4 Å². The lowest BCUT2D eigenvalue weighted by Crippen LogP contribution is -2.32. The number of carbonyl (C=O) groups excluding carboxylic acids is 2. The van der Waals surface area contributed by atoms with Crippen molar-refractivity contribution in [2.45, 2.75) is 26.8 Å². The number of likely N-dealkylation sites (tertiary alicyclic amines) is 1. The molecule has 1 saturated heterocycles. The van der Waals surface area contributed by atoms with E-state index in [9.17, 15) is 14.7 Å². The molecule has 1 aliphatic heterocycles. The van der Waals surface area contributed by atoms with Gasteiger partial charge in [0.25, 0.3) is 11.7 Å². The molecule has 1 heterocycles. The molecule has 1 aliphatic rings. The zero-order valence-corrected chi connectivity index (χ0v) is 16.7. The van der Waals surface area contributed by atoms with Crippen LogP contribution in [-0.4, -0.2) is 42.0 Å². The van der Waals surface area contributed by atoms with Gasteiger partial charge in [-0.3, -0.25) is 9.59 Å². The Bertz CT molecular complexity index is 944. The summed E-state index contributed by atoms with van der Waals surface area (Å²) in [4.78, 5) is 27.1. The molecule has 2 aromatic rings. The predicted molar refractivity (Wildman–Crippen MR) is 108 cm³/mol. The molecule has 0 saturated carbocycles. The molecule has 5 nitrogen and oxygen atoms in total. The van der Waals surface area contributed by atoms with Crippen LogP contribution in [0.2, 0.25) is 0 Å². The van der Waals surface area contributed by atoms with Crippen LogP contribution in [0, 0.1) is 20.8 Å². The Hall–Kier alpha value is -2.92. The van der Waals surface area contributed by atoms with Gasteiger partial charge in [-0.15, -0.1) is 0 Å². The average molecular weight is 379 g/mol. The number of carbonyl (C=O) groups is 2. The van der Waals surface area contributed by atoms with Crippen molar-refractivity contribution in [2.75, 3.05) is 20.3 Å². The Morgan fingerprint density at radius 3 is 2.32 bits per heavy atom. The first-order chi connectivity index (χ1) is 13.3. The molecule has 1 amide bonds. The summed E-state index contributed by atoms with van der Waals surface area (Å²) < 4.78 is 5.12. The van der Waals surface area contributed by atoms with E-state index in [1.54, 1.807) is 7.11 Å². The number of hydrogen-bond donors (Lipinski definition) is 1. The molecule has 0 aliphatic carbocycles. The molecule has 0 spiro atoms. The van der Waals surface area contributed by atoms with Crippen LogP contribution in [0.1, 0.15) is 33.9 Å². The third-order valence-electron chi connectivity index (χ3n) is 5.12. The number of nitrogens with zero attached hydrogens (tertiary/aromatic N) is 1. The number of Topliss-reactive ketones (excluding diaryl/α,β-unsaturated/α-hetero) is 1. The van der Waals surface area contributed by atoms with Crippen LogP contribution in [0.15, 0.2) is 48.0 Å². The van der Waals surface area contributed by atoms with E-state index in [0.29, 0.717) is 12.2 Å². The SMILES string of the molecule is COCCN1C(=O)C(=O)/C(=C(/O)c2cc(C)ccc2C)C1c1ccc(C)cc1. The Labute approximate surface area is 165 Å². The third-order valence-corrected chi connectivity index (χ3v) is 5.12. The lowest BCUT2D eigenvalue weighted by atomic mass is 9.93. The standard InChI is InChI=1S/C23H25NO4/c1-14-6-9-17(10-7-14)20-19(22(26)23(27)24(20)11-12-28-4)21(25)18-13-15(2)5-8-16(18)3/h5-10,13,20,25H,11-12H2,1-4H3/b21-19+. The van der Waals surface area contributed by atoms with E-state index in [-0.39, 0.29) is 17.9 Å². The summed E-state index contributed by atoms with van der Waals surface area (Å²) in [5.74, 6) is -1.42. The summed E-state index contributed by atoms with van der Waals surface area (Å²) in [6.45, 7) is 6.34. The summed E-state index contributed by atoms with van der Waals surface area (Å²) in [6, 6.07) is 12.7. The van der Waals surface area contributed by atoms with Gasteiger partial charge in [0.2, 0.25) is 0 Å². The van der Waals surface area contributed by atoms with Gasteiger partial charge in [-0.2, -0.15) is 0 Å². The Balaban J connectivity index is 2.20. The van der Waals surface area contributed by atoms with Gasteiger partial charge in [0.1, 0.15) is 5.76 Å². The first kappa shape index (κ1) is 19.8. The fourth-order valence-electron chi connectivity index (χ4n) is 3.53. The monoisotopic (exact) mass is 379 g/mol. The Morgan fingerprint density at radius 1 is 1.04 bits per heavy atom. The number of ketones is 1. The quantitative estimate of drug-likeness (QED) is 0.489. The maximum absolute atomic E-state index is 12.9. The molecule has 0 bridgehead atoms. The second-order valence-corrected chi connectivity index (χ2v) is 7.21. The zero-order valence-electron chi connectivity index (χ0n) is 16.7. The fourth-order valence-corrected chi connectivity index (χ4v) is 3.53. The van der Waals surface area contributed by atoms with Gasteiger partial charge in [0.05, 0.1) is 18.2 Å². The first-order valence-electron chi connectivity index (χ1n) is 9.26. The molecule has 5 heteroatoms. The second-order valence-electron chi connectivity index (χ2n) is 7.21. The molecule has 2 aromatic carbocycles. The van der Waals surface area contributed by atoms with Gasteiger partial charge in [-0.05, 0) is 38.0 Å². The van der Waals surface area contributed by atoms with Crippen LogP contribution in [0.3, 0.4) is 0 Å². The van der Waals surface area contributed by atoms with Crippen LogP contribution < -0.4 is 0 Å². The molecule has 28 heavy (non-hydrogen) atoms. The minimum Gasteiger partial charge on any atom is -0.507 e. The van der Waals surface area contributed by atoms with Crippen molar-refractivity contribution in [1.29, 1.82) is 0 Å². The first-order valence-corrected chi connectivity index (χ1v) is 9.26. The summed E-state index contributed by atoms with van der Waals surface area (Å²) in [5, 5.41) is 11.1. The smallest absolute Gasteiger partial charge is 0.295 e. The summed E-state index contributed by atoms with van der Waals surface area (Å²) >= 11 is 0. The maximum Gasteiger partial charge on any atom is 0.295 e. The van der Waals surface area contributed by atoms with Gasteiger partial charge < -0.3 is 14.7 Å². The molecule has 3 rings (SSSR count). The molecule has 0 aromatic heterocycles. The van der Waals surface area contributed by atoms with Crippen molar-refractivity contribution in [3.05, 3.63) is 75.9 Å². The largest absolute Gasteiger partial charge is 0.507 e. The normalized spacial score (nSPS) is 18.7. The molecule has 1 fully saturated rings. The lowest BCUT2D eigenvalue weighted by molar-refractivity contribution is -0.140. The predicted octanol–water partition coefficient (Wildman–Crippen LogP) is 3.68. The van der Waals surface area contributed by atoms with Crippen molar-refractivity contribution in [3.8, 4) is 0 Å². The average Bonchev–Trinajstić information content (AvgIpc) is 2.93. The van der Waals surface area contributed by atoms with E-state index in [1.807, 2.05) is 63.2 Å². The molecule has 0 radical (unpaired) electrons. The highest BCUT2D eigenvalue weighted by molar-refractivity contribution is 6.46.